The van der Waals surface area contributed by atoms with Gasteiger partial charge in [0.15, 0.2) is 0 Å². The van der Waals surface area contributed by atoms with Gasteiger partial charge in [0, 0.05) is 11.4 Å². The van der Waals surface area contributed by atoms with Crippen LogP contribution >= 0.6 is 11.6 Å². The number of ether oxygens (including phenoxy) is 1. The first kappa shape index (κ1) is 15.7. The summed E-state index contributed by atoms with van der Waals surface area (Å²) in [7, 11) is 1.66. The molecule has 1 fully saturated rings. The molecule has 1 aromatic rings. The highest BCUT2D eigenvalue weighted by molar-refractivity contribution is 6.30. The number of halogens is 1. The van der Waals surface area contributed by atoms with E-state index in [-0.39, 0.29) is 0 Å². The minimum absolute atomic E-state index is 0.347. The van der Waals surface area contributed by atoms with Crippen LogP contribution in [0.5, 0.6) is 5.75 Å². The van der Waals surface area contributed by atoms with Crippen molar-refractivity contribution in [3.8, 4) is 5.75 Å². The lowest BCUT2D eigenvalue weighted by Gasteiger charge is -2.42. The Morgan fingerprint density at radius 1 is 1.40 bits per heavy atom. The summed E-state index contributed by atoms with van der Waals surface area (Å²) in [6.45, 7) is 4.41. The fourth-order valence-corrected chi connectivity index (χ4v) is 3.83. The summed E-state index contributed by atoms with van der Waals surface area (Å²) in [5.41, 5.74) is 0.375. The van der Waals surface area contributed by atoms with E-state index in [1.54, 1.807) is 7.11 Å². The zero-order chi connectivity index (χ0) is 14.8. The minimum atomic E-state index is -0.635. The van der Waals surface area contributed by atoms with Crippen molar-refractivity contribution in [1.29, 1.82) is 0 Å². The molecule has 20 heavy (non-hydrogen) atoms. The Morgan fingerprint density at radius 2 is 2.15 bits per heavy atom. The molecule has 0 spiro atoms. The van der Waals surface area contributed by atoms with Gasteiger partial charge >= 0.3 is 0 Å². The predicted octanol–water partition coefficient (Wildman–Crippen LogP) is 4.47. The van der Waals surface area contributed by atoms with Crippen molar-refractivity contribution in [2.75, 3.05) is 7.11 Å². The van der Waals surface area contributed by atoms with Gasteiger partial charge in [0.25, 0.3) is 0 Å². The van der Waals surface area contributed by atoms with Gasteiger partial charge in [-0.3, -0.25) is 0 Å². The Bertz CT molecular complexity index is 458. The van der Waals surface area contributed by atoms with Crippen molar-refractivity contribution < 1.29 is 9.84 Å². The lowest BCUT2D eigenvalue weighted by molar-refractivity contribution is -0.0655. The maximum absolute atomic E-state index is 11.2. The van der Waals surface area contributed by atoms with Crippen LogP contribution in [0.4, 0.5) is 0 Å². The fourth-order valence-electron chi connectivity index (χ4n) is 3.64. The second-order valence-corrected chi connectivity index (χ2v) is 6.77. The third kappa shape index (κ3) is 3.29. The third-order valence-electron chi connectivity index (χ3n) is 4.61. The SMILES string of the molecule is COc1ccc(Cl)cc1CC1(O)CCCCC1C(C)C. The molecule has 0 aliphatic heterocycles. The van der Waals surface area contributed by atoms with Crippen molar-refractivity contribution in [2.24, 2.45) is 11.8 Å². The molecule has 0 saturated heterocycles. The second-order valence-electron chi connectivity index (χ2n) is 6.33. The minimum Gasteiger partial charge on any atom is -0.496 e. The van der Waals surface area contributed by atoms with E-state index < -0.39 is 5.60 Å². The highest BCUT2D eigenvalue weighted by atomic mass is 35.5. The smallest absolute Gasteiger partial charge is 0.122 e. The topological polar surface area (TPSA) is 29.5 Å². The standard InChI is InChI=1S/C17H25ClO2/c1-12(2)15-6-4-5-9-17(15,19)11-13-10-14(18)7-8-16(13)20-3/h7-8,10,12,15,19H,4-6,9,11H2,1-3H3. The van der Waals surface area contributed by atoms with Crippen LogP contribution < -0.4 is 4.74 Å². The number of methoxy groups -OCH3 is 1. The molecular formula is C17H25ClO2. The van der Waals surface area contributed by atoms with Crippen molar-refractivity contribution in [2.45, 2.75) is 51.6 Å². The molecule has 1 aromatic carbocycles. The van der Waals surface area contributed by atoms with Crippen LogP contribution in [-0.2, 0) is 6.42 Å². The Kier molecular flexibility index (Phi) is 4.98. The summed E-state index contributed by atoms with van der Waals surface area (Å²) >= 11 is 6.10. The molecule has 1 aliphatic rings. The second kappa shape index (κ2) is 6.36. The maximum Gasteiger partial charge on any atom is 0.122 e. The molecule has 0 radical (unpaired) electrons. The van der Waals surface area contributed by atoms with Gasteiger partial charge in [-0.25, -0.2) is 0 Å². The molecule has 1 saturated carbocycles. The number of benzene rings is 1. The van der Waals surface area contributed by atoms with Gasteiger partial charge < -0.3 is 9.84 Å². The Hall–Kier alpha value is -0.730. The molecule has 2 unspecified atom stereocenters. The summed E-state index contributed by atoms with van der Waals surface area (Å²) in [4.78, 5) is 0. The van der Waals surface area contributed by atoms with Crippen LogP contribution in [0.1, 0.15) is 45.1 Å². The number of rotatable bonds is 4. The highest BCUT2D eigenvalue weighted by Gasteiger charge is 2.40. The monoisotopic (exact) mass is 296 g/mol. The average Bonchev–Trinajstić information content (AvgIpc) is 2.38. The third-order valence-corrected chi connectivity index (χ3v) is 4.84. The first-order valence-corrected chi connectivity index (χ1v) is 7.89. The summed E-state index contributed by atoms with van der Waals surface area (Å²) in [6.07, 6.45) is 4.92. The molecule has 0 bridgehead atoms. The number of hydrogen-bond acceptors (Lipinski definition) is 2. The van der Waals surface area contributed by atoms with Gasteiger partial charge in [0.1, 0.15) is 5.75 Å². The van der Waals surface area contributed by atoms with Crippen LogP contribution in [0.2, 0.25) is 5.02 Å². The van der Waals surface area contributed by atoms with Crippen molar-refractivity contribution in [3.63, 3.8) is 0 Å². The zero-order valence-corrected chi connectivity index (χ0v) is 13.4. The molecule has 2 nitrogen and oxygen atoms in total. The predicted molar refractivity (Wildman–Crippen MR) is 83.5 cm³/mol. The van der Waals surface area contributed by atoms with E-state index >= 15 is 0 Å². The largest absolute Gasteiger partial charge is 0.496 e. The fraction of sp³-hybridized carbons (Fsp3) is 0.647. The Morgan fingerprint density at radius 3 is 2.80 bits per heavy atom. The molecule has 1 aliphatic carbocycles. The first-order chi connectivity index (χ1) is 9.46. The molecule has 2 atom stereocenters. The van der Waals surface area contributed by atoms with Crippen LogP contribution in [0, 0.1) is 11.8 Å². The Labute approximate surface area is 127 Å². The molecule has 0 amide bonds. The molecule has 3 heteroatoms. The van der Waals surface area contributed by atoms with E-state index in [2.05, 4.69) is 13.8 Å². The van der Waals surface area contributed by atoms with E-state index in [1.807, 2.05) is 18.2 Å². The number of aliphatic hydroxyl groups is 1. The molecule has 0 heterocycles. The highest BCUT2D eigenvalue weighted by Crippen LogP contribution is 2.42. The zero-order valence-electron chi connectivity index (χ0n) is 12.7. The van der Waals surface area contributed by atoms with E-state index in [0.29, 0.717) is 23.3 Å². The van der Waals surface area contributed by atoms with E-state index in [1.165, 1.54) is 6.42 Å². The average molecular weight is 297 g/mol. The lowest BCUT2D eigenvalue weighted by Crippen LogP contribution is -2.45. The van der Waals surface area contributed by atoms with Crippen LogP contribution in [0.25, 0.3) is 0 Å². The quantitative estimate of drug-likeness (QED) is 0.888. The summed E-state index contributed by atoms with van der Waals surface area (Å²) in [5.74, 6) is 1.65. The van der Waals surface area contributed by atoms with Crippen molar-refractivity contribution in [1.82, 2.24) is 0 Å². The Balaban J connectivity index is 2.28. The molecule has 0 aromatic heterocycles. The van der Waals surface area contributed by atoms with Crippen LogP contribution in [0.3, 0.4) is 0 Å². The van der Waals surface area contributed by atoms with Gasteiger partial charge in [-0.2, -0.15) is 0 Å². The van der Waals surface area contributed by atoms with Gasteiger partial charge in [0.2, 0.25) is 0 Å². The summed E-state index contributed by atoms with van der Waals surface area (Å²) in [5, 5.41) is 11.9. The lowest BCUT2D eigenvalue weighted by atomic mass is 9.68. The summed E-state index contributed by atoms with van der Waals surface area (Å²) < 4.78 is 5.41. The van der Waals surface area contributed by atoms with E-state index in [4.69, 9.17) is 16.3 Å². The molecule has 112 valence electrons. The first-order valence-electron chi connectivity index (χ1n) is 7.51. The van der Waals surface area contributed by atoms with Crippen molar-refractivity contribution >= 4 is 11.6 Å². The van der Waals surface area contributed by atoms with Crippen LogP contribution in [-0.4, -0.2) is 17.8 Å². The molecular weight excluding hydrogens is 272 g/mol. The van der Waals surface area contributed by atoms with E-state index in [9.17, 15) is 5.11 Å². The number of hydrogen-bond donors (Lipinski definition) is 1. The summed E-state index contributed by atoms with van der Waals surface area (Å²) in [6, 6.07) is 5.63. The van der Waals surface area contributed by atoms with Gasteiger partial charge in [-0.15, -0.1) is 0 Å². The van der Waals surface area contributed by atoms with Gasteiger partial charge in [0.05, 0.1) is 12.7 Å². The molecule has 1 N–H and O–H groups in total. The van der Waals surface area contributed by atoms with Gasteiger partial charge in [-0.1, -0.05) is 38.3 Å². The van der Waals surface area contributed by atoms with Gasteiger partial charge in [-0.05, 0) is 48.4 Å². The van der Waals surface area contributed by atoms with Crippen molar-refractivity contribution in [3.05, 3.63) is 28.8 Å². The van der Waals surface area contributed by atoms with E-state index in [0.717, 1.165) is 30.6 Å². The molecule has 2 rings (SSSR count). The maximum atomic E-state index is 11.2. The normalized spacial score (nSPS) is 26.8. The van der Waals surface area contributed by atoms with Crippen LogP contribution in [0.15, 0.2) is 18.2 Å².